The van der Waals surface area contributed by atoms with Gasteiger partial charge in [0.25, 0.3) is 0 Å². The first kappa shape index (κ1) is 13.0. The number of nitrogen functional groups attached to an aromatic ring is 1. The van der Waals surface area contributed by atoms with Crippen LogP contribution >= 0.6 is 11.3 Å². The molecule has 4 N–H and O–H groups in total. The third kappa shape index (κ3) is 2.15. The third-order valence-electron chi connectivity index (χ3n) is 2.90. The molecule has 0 spiro atoms. The van der Waals surface area contributed by atoms with Gasteiger partial charge < -0.3 is 20.4 Å². The quantitative estimate of drug-likeness (QED) is 0.680. The summed E-state index contributed by atoms with van der Waals surface area (Å²) in [6, 6.07) is 5.31. The van der Waals surface area contributed by atoms with E-state index in [1.54, 1.807) is 12.1 Å². The van der Waals surface area contributed by atoms with E-state index in [9.17, 15) is 5.11 Å². The van der Waals surface area contributed by atoms with Crippen LogP contribution in [-0.4, -0.2) is 26.8 Å². The van der Waals surface area contributed by atoms with E-state index in [0.29, 0.717) is 32.5 Å². The van der Waals surface area contributed by atoms with Gasteiger partial charge >= 0.3 is 0 Å². The molecule has 0 amide bonds. The van der Waals surface area contributed by atoms with E-state index in [4.69, 9.17) is 15.3 Å². The van der Waals surface area contributed by atoms with Crippen LogP contribution < -0.4 is 5.73 Å². The van der Waals surface area contributed by atoms with Crippen LogP contribution in [0, 0.1) is 6.92 Å². The lowest BCUT2D eigenvalue weighted by atomic mass is 10.2. The first-order valence-electron chi connectivity index (χ1n) is 6.01. The second kappa shape index (κ2) is 4.86. The van der Waals surface area contributed by atoms with E-state index in [0.717, 1.165) is 5.76 Å². The van der Waals surface area contributed by atoms with Gasteiger partial charge in [0.15, 0.2) is 11.6 Å². The fourth-order valence-corrected chi connectivity index (χ4v) is 2.90. The summed E-state index contributed by atoms with van der Waals surface area (Å²) in [5.41, 5.74) is 5.93. The number of aliphatic hydroxyl groups is 2. The largest absolute Gasteiger partial charge is 0.458 e. The lowest BCUT2D eigenvalue weighted by Gasteiger charge is -2.00. The van der Waals surface area contributed by atoms with E-state index in [1.165, 1.54) is 11.3 Å². The Labute approximate surface area is 118 Å². The Morgan fingerprint density at radius 1 is 1.40 bits per heavy atom. The Bertz CT molecular complexity index is 765. The average molecular weight is 291 g/mol. The number of hydrogen-bond donors (Lipinski definition) is 3. The van der Waals surface area contributed by atoms with Crippen LogP contribution in [-0.2, 0) is 0 Å². The standard InChI is InChI=1S/C13H13N3O3S/c1-6-2-3-9(19-6)12-15-11(14)7-4-10(8(18)5-17)20-13(7)16-12/h2-4,8,17-18H,5H2,1H3,(H2,14,15,16). The normalized spacial score (nSPS) is 12.9. The van der Waals surface area contributed by atoms with Crippen LogP contribution in [0.15, 0.2) is 22.6 Å². The summed E-state index contributed by atoms with van der Waals surface area (Å²) in [5, 5.41) is 19.3. The highest BCUT2D eigenvalue weighted by Crippen LogP contribution is 2.33. The zero-order valence-electron chi connectivity index (χ0n) is 10.7. The predicted octanol–water partition coefficient (Wildman–Crippen LogP) is 1.87. The summed E-state index contributed by atoms with van der Waals surface area (Å²) >= 11 is 1.28. The SMILES string of the molecule is Cc1ccc(-c2nc(N)c3cc(C(O)CO)sc3n2)o1. The van der Waals surface area contributed by atoms with Crippen molar-refractivity contribution in [3.8, 4) is 11.6 Å². The number of hydrogen-bond acceptors (Lipinski definition) is 7. The second-order valence-corrected chi connectivity index (χ2v) is 5.47. The molecular weight excluding hydrogens is 278 g/mol. The van der Waals surface area contributed by atoms with Crippen molar-refractivity contribution in [2.75, 3.05) is 12.3 Å². The van der Waals surface area contributed by atoms with Crippen molar-refractivity contribution in [1.82, 2.24) is 9.97 Å². The van der Waals surface area contributed by atoms with Crippen LogP contribution in [0.25, 0.3) is 21.8 Å². The zero-order valence-corrected chi connectivity index (χ0v) is 11.5. The smallest absolute Gasteiger partial charge is 0.199 e. The van der Waals surface area contributed by atoms with Crippen molar-refractivity contribution in [3.05, 3.63) is 28.8 Å². The molecule has 0 fully saturated rings. The van der Waals surface area contributed by atoms with Gasteiger partial charge in [0.05, 0.1) is 12.0 Å². The first-order valence-corrected chi connectivity index (χ1v) is 6.83. The van der Waals surface area contributed by atoms with Crippen LogP contribution in [0.5, 0.6) is 0 Å². The summed E-state index contributed by atoms with van der Waals surface area (Å²) in [4.78, 5) is 9.88. The Kier molecular flexibility index (Phi) is 3.17. The molecule has 3 heterocycles. The highest BCUT2D eigenvalue weighted by Gasteiger charge is 2.16. The van der Waals surface area contributed by atoms with Gasteiger partial charge in [0.2, 0.25) is 0 Å². The topological polar surface area (TPSA) is 105 Å². The van der Waals surface area contributed by atoms with Gasteiger partial charge in [-0.05, 0) is 25.1 Å². The minimum Gasteiger partial charge on any atom is -0.458 e. The Morgan fingerprint density at radius 2 is 2.20 bits per heavy atom. The number of nitrogens with zero attached hydrogens (tertiary/aromatic N) is 2. The number of thiophene rings is 1. The lowest BCUT2D eigenvalue weighted by Crippen LogP contribution is -1.99. The summed E-state index contributed by atoms with van der Waals surface area (Å²) in [7, 11) is 0. The fraction of sp³-hybridized carbons (Fsp3) is 0.231. The molecule has 0 aromatic carbocycles. The Hall–Kier alpha value is -1.96. The molecule has 0 aliphatic carbocycles. The van der Waals surface area contributed by atoms with Crippen LogP contribution in [0.3, 0.4) is 0 Å². The number of aryl methyl sites for hydroxylation is 1. The molecule has 0 saturated heterocycles. The van der Waals surface area contributed by atoms with E-state index < -0.39 is 6.10 Å². The highest BCUT2D eigenvalue weighted by molar-refractivity contribution is 7.18. The molecule has 7 heteroatoms. The molecule has 0 aliphatic rings. The van der Waals surface area contributed by atoms with Crippen molar-refractivity contribution in [1.29, 1.82) is 0 Å². The average Bonchev–Trinajstić information content (AvgIpc) is 3.04. The molecule has 1 unspecified atom stereocenters. The number of aliphatic hydroxyl groups excluding tert-OH is 2. The monoisotopic (exact) mass is 291 g/mol. The minimum atomic E-state index is -0.928. The van der Waals surface area contributed by atoms with E-state index >= 15 is 0 Å². The summed E-state index contributed by atoms with van der Waals surface area (Å²) in [6.45, 7) is 1.50. The Morgan fingerprint density at radius 3 is 2.85 bits per heavy atom. The molecule has 6 nitrogen and oxygen atoms in total. The number of anilines is 1. The van der Waals surface area contributed by atoms with E-state index in [-0.39, 0.29) is 6.61 Å². The zero-order chi connectivity index (χ0) is 14.3. The maximum absolute atomic E-state index is 9.66. The van der Waals surface area contributed by atoms with Gasteiger partial charge in [0, 0.05) is 4.88 Å². The number of rotatable bonds is 3. The maximum Gasteiger partial charge on any atom is 0.199 e. The molecule has 0 aliphatic heterocycles. The predicted molar refractivity (Wildman–Crippen MR) is 76.3 cm³/mol. The van der Waals surface area contributed by atoms with Crippen molar-refractivity contribution in [2.45, 2.75) is 13.0 Å². The molecular formula is C13H13N3O3S. The van der Waals surface area contributed by atoms with Gasteiger partial charge in [-0.2, -0.15) is 0 Å². The van der Waals surface area contributed by atoms with Gasteiger partial charge in [-0.1, -0.05) is 0 Å². The molecule has 0 bridgehead atoms. The molecule has 3 aromatic heterocycles. The molecule has 20 heavy (non-hydrogen) atoms. The molecule has 1 atom stereocenters. The summed E-state index contributed by atoms with van der Waals surface area (Å²) in [5.74, 6) is 2.06. The number of nitrogens with two attached hydrogens (primary N) is 1. The molecule has 104 valence electrons. The summed E-state index contributed by atoms with van der Waals surface area (Å²) in [6.07, 6.45) is -0.928. The van der Waals surface area contributed by atoms with Crippen molar-refractivity contribution >= 4 is 27.4 Å². The first-order chi connectivity index (χ1) is 9.58. The van der Waals surface area contributed by atoms with Crippen molar-refractivity contribution in [3.63, 3.8) is 0 Å². The number of aromatic nitrogens is 2. The lowest BCUT2D eigenvalue weighted by molar-refractivity contribution is 0.0984. The number of furan rings is 1. The third-order valence-corrected chi connectivity index (χ3v) is 4.03. The molecule has 0 saturated carbocycles. The Balaban J connectivity index is 2.13. The molecule has 0 radical (unpaired) electrons. The van der Waals surface area contributed by atoms with Crippen LogP contribution in [0.4, 0.5) is 5.82 Å². The summed E-state index contributed by atoms with van der Waals surface area (Å²) < 4.78 is 5.48. The van der Waals surface area contributed by atoms with Crippen LogP contribution in [0.1, 0.15) is 16.7 Å². The van der Waals surface area contributed by atoms with Crippen LogP contribution in [0.2, 0.25) is 0 Å². The van der Waals surface area contributed by atoms with E-state index in [2.05, 4.69) is 9.97 Å². The highest BCUT2D eigenvalue weighted by atomic mass is 32.1. The fourth-order valence-electron chi connectivity index (χ4n) is 1.88. The molecule has 3 aromatic rings. The van der Waals surface area contributed by atoms with Gasteiger partial charge in [-0.15, -0.1) is 11.3 Å². The minimum absolute atomic E-state index is 0.326. The van der Waals surface area contributed by atoms with Crippen molar-refractivity contribution < 1.29 is 14.6 Å². The molecule has 3 rings (SSSR count). The second-order valence-electron chi connectivity index (χ2n) is 4.41. The number of fused-ring (bicyclic) bond motifs is 1. The van der Waals surface area contributed by atoms with E-state index in [1.807, 2.05) is 13.0 Å². The van der Waals surface area contributed by atoms with Gasteiger partial charge in [-0.25, -0.2) is 9.97 Å². The van der Waals surface area contributed by atoms with Crippen molar-refractivity contribution in [2.24, 2.45) is 0 Å². The maximum atomic E-state index is 9.66. The van der Waals surface area contributed by atoms with Gasteiger partial charge in [-0.3, -0.25) is 0 Å². The van der Waals surface area contributed by atoms with Gasteiger partial charge in [0.1, 0.15) is 22.5 Å².